The summed E-state index contributed by atoms with van der Waals surface area (Å²) in [5.74, 6) is -1.03. The van der Waals surface area contributed by atoms with Crippen LogP contribution in [0.3, 0.4) is 0 Å². The van der Waals surface area contributed by atoms with Crippen molar-refractivity contribution < 1.29 is 19.6 Å². The maximum Gasteiger partial charge on any atom is 0.329 e. The molecule has 21 heavy (non-hydrogen) atoms. The van der Waals surface area contributed by atoms with Crippen LogP contribution in [0.5, 0.6) is 0 Å². The summed E-state index contributed by atoms with van der Waals surface area (Å²) < 4.78 is 5.16. The number of hydrogen-bond acceptors (Lipinski definition) is 6. The van der Waals surface area contributed by atoms with Crippen LogP contribution in [0.4, 0.5) is 11.4 Å². The van der Waals surface area contributed by atoms with Gasteiger partial charge in [0.05, 0.1) is 16.2 Å². The number of carbonyl (C=O) groups is 1. The van der Waals surface area contributed by atoms with Gasteiger partial charge in [-0.05, 0) is 6.07 Å². The molecule has 8 heteroatoms. The Hall–Kier alpha value is -2.66. The molecule has 1 saturated heterocycles. The Morgan fingerprint density at radius 2 is 2.14 bits per heavy atom. The third kappa shape index (κ3) is 2.93. The summed E-state index contributed by atoms with van der Waals surface area (Å²) in [5, 5.41) is 32.1. The molecule has 1 aromatic carbocycles. The lowest BCUT2D eigenvalue weighted by atomic mass is 9.89. The van der Waals surface area contributed by atoms with Gasteiger partial charge in [0, 0.05) is 38.2 Å². The van der Waals surface area contributed by atoms with Gasteiger partial charge in [-0.1, -0.05) is 0 Å². The van der Waals surface area contributed by atoms with E-state index in [1.54, 1.807) is 0 Å². The lowest BCUT2D eigenvalue weighted by Gasteiger charge is -2.35. The molecule has 1 fully saturated rings. The Balaban J connectivity index is 2.35. The molecule has 0 amide bonds. The third-order valence-electron chi connectivity index (χ3n) is 3.46. The summed E-state index contributed by atoms with van der Waals surface area (Å²) in [6, 6.07) is 5.56. The molecule has 1 aliphatic heterocycles. The number of non-ortho nitro benzene ring substituents is 1. The predicted molar refractivity (Wildman–Crippen MR) is 71.9 cm³/mol. The number of nitriles is 1. The quantitative estimate of drug-likeness (QED) is 0.636. The first kappa shape index (κ1) is 14.7. The summed E-state index contributed by atoms with van der Waals surface area (Å²) in [6.45, 7) is 0.600. The Bertz CT molecular complexity index is 617. The van der Waals surface area contributed by atoms with E-state index in [9.17, 15) is 20.0 Å². The smallest absolute Gasteiger partial charge is 0.329 e. The molecule has 110 valence electrons. The molecule has 0 radical (unpaired) electrons. The number of nitrogens with one attached hydrogen (secondary N) is 1. The lowest BCUT2D eigenvalue weighted by Crippen LogP contribution is -2.50. The van der Waals surface area contributed by atoms with Crippen LogP contribution in [0.25, 0.3) is 0 Å². The molecule has 0 saturated carbocycles. The zero-order valence-corrected chi connectivity index (χ0v) is 11.0. The van der Waals surface area contributed by atoms with Crippen LogP contribution < -0.4 is 5.32 Å². The average Bonchev–Trinajstić information content (AvgIpc) is 2.48. The van der Waals surface area contributed by atoms with Crippen LogP contribution in [0.1, 0.15) is 18.4 Å². The minimum absolute atomic E-state index is 0.0383. The molecule has 0 spiro atoms. The first-order chi connectivity index (χ1) is 9.98. The van der Waals surface area contributed by atoms with Gasteiger partial charge in [0.2, 0.25) is 0 Å². The normalized spacial score (nSPS) is 16.7. The summed E-state index contributed by atoms with van der Waals surface area (Å²) >= 11 is 0. The summed E-state index contributed by atoms with van der Waals surface area (Å²) in [5.41, 5.74) is -1.13. The van der Waals surface area contributed by atoms with Gasteiger partial charge in [-0.25, -0.2) is 4.79 Å². The number of benzene rings is 1. The summed E-state index contributed by atoms with van der Waals surface area (Å²) in [4.78, 5) is 21.6. The molecule has 8 nitrogen and oxygen atoms in total. The average molecular weight is 291 g/mol. The van der Waals surface area contributed by atoms with Crippen LogP contribution in [0, 0.1) is 21.4 Å². The van der Waals surface area contributed by atoms with Crippen LogP contribution >= 0.6 is 0 Å². The molecule has 2 rings (SSSR count). The van der Waals surface area contributed by atoms with Gasteiger partial charge in [-0.15, -0.1) is 0 Å². The van der Waals surface area contributed by atoms with Gasteiger partial charge in [0.1, 0.15) is 11.6 Å². The third-order valence-corrected chi connectivity index (χ3v) is 3.46. The van der Waals surface area contributed by atoms with Crippen molar-refractivity contribution in [2.75, 3.05) is 18.5 Å². The zero-order chi connectivity index (χ0) is 15.5. The van der Waals surface area contributed by atoms with Crippen molar-refractivity contribution in [3.63, 3.8) is 0 Å². The van der Waals surface area contributed by atoms with E-state index >= 15 is 0 Å². The van der Waals surface area contributed by atoms with Gasteiger partial charge in [-0.3, -0.25) is 10.1 Å². The van der Waals surface area contributed by atoms with E-state index in [-0.39, 0.29) is 29.8 Å². The molecule has 0 bridgehead atoms. The van der Waals surface area contributed by atoms with E-state index in [1.807, 2.05) is 6.07 Å². The SMILES string of the molecule is N#Cc1cc([N+](=O)[O-])ccc1NC1(C(=O)O)CCOCC1. The highest BCUT2D eigenvalue weighted by Gasteiger charge is 2.40. The minimum Gasteiger partial charge on any atom is -0.480 e. The molecule has 0 aromatic heterocycles. The molecule has 0 atom stereocenters. The fourth-order valence-corrected chi connectivity index (χ4v) is 2.22. The van der Waals surface area contributed by atoms with Gasteiger partial charge in [-0.2, -0.15) is 5.26 Å². The van der Waals surface area contributed by atoms with E-state index < -0.39 is 16.4 Å². The second-order valence-electron chi connectivity index (χ2n) is 4.72. The van der Waals surface area contributed by atoms with E-state index in [0.717, 1.165) is 6.07 Å². The van der Waals surface area contributed by atoms with Crippen LogP contribution in [0.2, 0.25) is 0 Å². The number of carboxylic acid groups (broad SMARTS) is 1. The minimum atomic E-state index is -1.22. The van der Waals surface area contributed by atoms with Crippen molar-refractivity contribution in [3.8, 4) is 6.07 Å². The van der Waals surface area contributed by atoms with Gasteiger partial charge >= 0.3 is 5.97 Å². The molecule has 1 heterocycles. The number of aliphatic carboxylic acids is 1. The maximum atomic E-state index is 11.5. The summed E-state index contributed by atoms with van der Waals surface area (Å²) in [6.07, 6.45) is 0.508. The van der Waals surface area contributed by atoms with Gasteiger partial charge < -0.3 is 15.2 Å². The fourth-order valence-electron chi connectivity index (χ4n) is 2.22. The molecule has 1 aromatic rings. The van der Waals surface area contributed by atoms with Crippen molar-refractivity contribution in [1.82, 2.24) is 0 Å². The van der Waals surface area contributed by atoms with Crippen molar-refractivity contribution in [3.05, 3.63) is 33.9 Å². The molecule has 2 N–H and O–H groups in total. The highest BCUT2D eigenvalue weighted by molar-refractivity contribution is 5.84. The standard InChI is InChI=1S/C13H13N3O5/c14-8-9-7-10(16(19)20)1-2-11(9)15-13(12(17)18)3-5-21-6-4-13/h1-2,7,15H,3-6H2,(H,17,18). The fraction of sp³-hybridized carbons (Fsp3) is 0.385. The van der Waals surface area contributed by atoms with E-state index in [4.69, 9.17) is 10.00 Å². The maximum absolute atomic E-state index is 11.5. The van der Waals surface area contributed by atoms with Crippen LogP contribution in [-0.4, -0.2) is 34.8 Å². The number of anilines is 1. The van der Waals surface area contributed by atoms with Crippen LogP contribution in [-0.2, 0) is 9.53 Å². The number of carboxylic acids is 1. The van der Waals surface area contributed by atoms with Crippen molar-refractivity contribution >= 4 is 17.3 Å². The molecule has 0 aliphatic carbocycles. The summed E-state index contributed by atoms with van der Waals surface area (Å²) in [7, 11) is 0. The monoisotopic (exact) mass is 291 g/mol. The van der Waals surface area contributed by atoms with Gasteiger partial charge in [0.15, 0.2) is 0 Å². The number of nitrogens with zero attached hydrogens (tertiary/aromatic N) is 2. The number of ether oxygens (including phenoxy) is 1. The largest absolute Gasteiger partial charge is 0.480 e. The highest BCUT2D eigenvalue weighted by atomic mass is 16.6. The Kier molecular flexibility index (Phi) is 4.05. The first-order valence-electron chi connectivity index (χ1n) is 6.26. The molecule has 1 aliphatic rings. The highest BCUT2D eigenvalue weighted by Crippen LogP contribution is 2.29. The first-order valence-corrected chi connectivity index (χ1v) is 6.26. The zero-order valence-electron chi connectivity index (χ0n) is 11.0. The van der Waals surface area contributed by atoms with Crippen molar-refractivity contribution in [2.24, 2.45) is 0 Å². The topological polar surface area (TPSA) is 125 Å². The van der Waals surface area contributed by atoms with Crippen molar-refractivity contribution in [1.29, 1.82) is 5.26 Å². The van der Waals surface area contributed by atoms with Crippen molar-refractivity contribution in [2.45, 2.75) is 18.4 Å². The molecule has 0 unspecified atom stereocenters. The van der Waals surface area contributed by atoms with E-state index in [1.165, 1.54) is 12.1 Å². The van der Waals surface area contributed by atoms with E-state index in [2.05, 4.69) is 5.32 Å². The second kappa shape index (κ2) is 5.76. The lowest BCUT2D eigenvalue weighted by molar-refractivity contribution is -0.384. The predicted octanol–water partition coefficient (Wildman–Crippen LogP) is 1.51. The number of hydrogen-bond donors (Lipinski definition) is 2. The molecular weight excluding hydrogens is 278 g/mol. The molecular formula is C13H13N3O5. The second-order valence-corrected chi connectivity index (χ2v) is 4.72. The van der Waals surface area contributed by atoms with E-state index in [0.29, 0.717) is 13.2 Å². The number of rotatable bonds is 4. The van der Waals surface area contributed by atoms with Gasteiger partial charge in [0.25, 0.3) is 5.69 Å². The Morgan fingerprint density at radius 3 is 2.67 bits per heavy atom. The Morgan fingerprint density at radius 1 is 1.48 bits per heavy atom. The Labute approximate surface area is 120 Å². The number of nitro benzene ring substituents is 1. The van der Waals surface area contributed by atoms with Crippen LogP contribution in [0.15, 0.2) is 18.2 Å². The number of nitro groups is 1.